The average molecular weight is 816 g/mol. The molecule has 0 bridgehead atoms. The van der Waals surface area contributed by atoms with Gasteiger partial charge in [-0.3, -0.25) is 4.79 Å². The Hall–Kier alpha value is -4.79. The molecule has 3 aliphatic rings. The van der Waals surface area contributed by atoms with E-state index in [4.69, 9.17) is 33.2 Å². The topological polar surface area (TPSA) is 134 Å². The minimum Gasteiger partial charge on any atom is -0.390 e. The third-order valence-electron chi connectivity index (χ3n) is 11.6. The summed E-state index contributed by atoms with van der Waals surface area (Å²) in [5, 5.41) is 27.8. The maximum Gasteiger partial charge on any atom is 0.217 e. The van der Waals surface area contributed by atoms with Gasteiger partial charge in [-0.15, -0.1) is 0 Å². The van der Waals surface area contributed by atoms with Gasteiger partial charge < -0.3 is 48.7 Å². The van der Waals surface area contributed by atoms with Gasteiger partial charge in [-0.1, -0.05) is 152 Å². The SMILES string of the molecule is CC(=O)N[C@H]1[C@@H](OCc2ccccc2)O[C@@H]2C(O)C(c3ccccc3)[C@]2(O)[C@@H]1O[C@@H]1O[C@@H](C)[C@@H](OCc2ccccc2)[C@@H](OCc2ccccc2)[C@@H]1OCc1ccccc1. The van der Waals surface area contributed by atoms with Gasteiger partial charge in [-0.05, 0) is 34.7 Å². The molecule has 3 fully saturated rings. The summed E-state index contributed by atoms with van der Waals surface area (Å²) in [5.74, 6) is -1.24. The number of nitrogens with one attached hydrogen (secondary N) is 1. The van der Waals surface area contributed by atoms with E-state index in [1.54, 1.807) is 0 Å². The first-order valence-corrected chi connectivity index (χ1v) is 20.6. The van der Waals surface area contributed by atoms with E-state index in [-0.39, 0.29) is 19.8 Å². The molecule has 0 aromatic heterocycles. The summed E-state index contributed by atoms with van der Waals surface area (Å²) in [5.41, 5.74) is 2.54. The number of ether oxygens (including phenoxy) is 7. The van der Waals surface area contributed by atoms with Crippen LogP contribution in [0, 0.1) is 0 Å². The molecule has 1 amide bonds. The van der Waals surface area contributed by atoms with Crippen molar-refractivity contribution in [2.24, 2.45) is 0 Å². The Balaban J connectivity index is 1.17. The van der Waals surface area contributed by atoms with E-state index in [0.717, 1.165) is 22.3 Å². The van der Waals surface area contributed by atoms with Crippen LogP contribution in [-0.4, -0.2) is 83.1 Å². The van der Waals surface area contributed by atoms with E-state index in [0.29, 0.717) is 12.2 Å². The number of amides is 1. The molecule has 0 radical (unpaired) electrons. The van der Waals surface area contributed by atoms with E-state index in [1.165, 1.54) is 6.92 Å². The zero-order valence-corrected chi connectivity index (χ0v) is 33.8. The Kier molecular flexibility index (Phi) is 13.5. The van der Waals surface area contributed by atoms with Crippen molar-refractivity contribution in [2.75, 3.05) is 0 Å². The van der Waals surface area contributed by atoms with Crippen LogP contribution in [0.4, 0.5) is 0 Å². The number of carbonyl (C=O) groups excluding carboxylic acids is 1. The van der Waals surface area contributed by atoms with Crippen molar-refractivity contribution in [1.82, 2.24) is 5.32 Å². The van der Waals surface area contributed by atoms with Crippen molar-refractivity contribution in [3.05, 3.63) is 179 Å². The average Bonchev–Trinajstić information content (AvgIpc) is 3.27. The first kappa shape index (κ1) is 41.9. The van der Waals surface area contributed by atoms with E-state index in [1.807, 2.05) is 159 Å². The van der Waals surface area contributed by atoms with Crippen LogP contribution >= 0.6 is 0 Å². The van der Waals surface area contributed by atoms with E-state index >= 15 is 0 Å². The lowest BCUT2D eigenvalue weighted by molar-refractivity contribution is -0.404. The van der Waals surface area contributed by atoms with Gasteiger partial charge in [0.15, 0.2) is 12.6 Å². The summed E-state index contributed by atoms with van der Waals surface area (Å²) in [6.07, 6.45) is -8.68. The zero-order chi connectivity index (χ0) is 41.5. The smallest absolute Gasteiger partial charge is 0.217 e. The summed E-state index contributed by atoms with van der Waals surface area (Å²) >= 11 is 0. The molecule has 60 heavy (non-hydrogen) atoms. The van der Waals surface area contributed by atoms with Crippen molar-refractivity contribution in [2.45, 2.75) is 113 Å². The summed E-state index contributed by atoms with van der Waals surface area (Å²) < 4.78 is 47.0. The van der Waals surface area contributed by atoms with Crippen molar-refractivity contribution >= 4 is 5.91 Å². The quantitative estimate of drug-likeness (QED) is 0.106. The largest absolute Gasteiger partial charge is 0.390 e. The van der Waals surface area contributed by atoms with Crippen molar-refractivity contribution in [1.29, 1.82) is 0 Å². The molecule has 12 atom stereocenters. The number of fused-ring (bicyclic) bond motifs is 1. The van der Waals surface area contributed by atoms with Gasteiger partial charge in [0.25, 0.3) is 0 Å². The molecule has 2 unspecified atom stereocenters. The van der Waals surface area contributed by atoms with Crippen LogP contribution in [0.2, 0.25) is 0 Å². The Labute approximate surface area is 351 Å². The number of benzene rings is 5. The monoisotopic (exact) mass is 815 g/mol. The number of hydrogen-bond donors (Lipinski definition) is 3. The summed E-state index contributed by atoms with van der Waals surface area (Å²) in [6.45, 7) is 4.15. The van der Waals surface area contributed by atoms with Gasteiger partial charge in [-0.2, -0.15) is 0 Å². The van der Waals surface area contributed by atoms with Gasteiger partial charge >= 0.3 is 0 Å². The number of hydrogen-bond acceptors (Lipinski definition) is 10. The second-order valence-corrected chi connectivity index (χ2v) is 15.8. The summed E-state index contributed by atoms with van der Waals surface area (Å²) in [7, 11) is 0. The highest BCUT2D eigenvalue weighted by Crippen LogP contribution is 2.55. The highest BCUT2D eigenvalue weighted by atomic mass is 16.7. The third kappa shape index (κ3) is 9.25. The fourth-order valence-electron chi connectivity index (χ4n) is 8.68. The molecule has 11 nitrogen and oxygen atoms in total. The molecule has 2 aliphatic heterocycles. The molecule has 1 aliphatic carbocycles. The molecular formula is C49H53NO10. The minimum absolute atomic E-state index is 0.132. The van der Waals surface area contributed by atoms with Gasteiger partial charge in [0.05, 0.1) is 38.6 Å². The van der Waals surface area contributed by atoms with Gasteiger partial charge in [0.2, 0.25) is 5.91 Å². The van der Waals surface area contributed by atoms with Gasteiger partial charge in [0, 0.05) is 12.8 Å². The Morgan fingerprint density at radius 1 is 0.600 bits per heavy atom. The van der Waals surface area contributed by atoms with Crippen LogP contribution in [0.15, 0.2) is 152 Å². The molecule has 3 N–H and O–H groups in total. The molecular weight excluding hydrogens is 763 g/mol. The highest BCUT2D eigenvalue weighted by molar-refractivity contribution is 5.73. The van der Waals surface area contributed by atoms with Gasteiger partial charge in [-0.25, -0.2) is 0 Å². The molecule has 5 aromatic rings. The first-order chi connectivity index (χ1) is 29.3. The lowest BCUT2D eigenvalue weighted by Crippen LogP contribution is -2.83. The van der Waals surface area contributed by atoms with Crippen LogP contribution in [0.5, 0.6) is 0 Å². The number of carbonyl (C=O) groups is 1. The molecule has 2 heterocycles. The first-order valence-electron chi connectivity index (χ1n) is 20.6. The van der Waals surface area contributed by atoms with Crippen molar-refractivity contribution < 1.29 is 48.2 Å². The van der Waals surface area contributed by atoms with Crippen molar-refractivity contribution in [3.63, 3.8) is 0 Å². The van der Waals surface area contributed by atoms with Crippen LogP contribution in [0.3, 0.4) is 0 Å². The van der Waals surface area contributed by atoms with E-state index in [2.05, 4.69) is 5.32 Å². The Bertz CT molecular complexity index is 2080. The lowest BCUT2D eigenvalue weighted by atomic mass is 9.56. The second kappa shape index (κ2) is 19.3. The van der Waals surface area contributed by atoms with Gasteiger partial charge in [0.1, 0.15) is 42.2 Å². The Morgan fingerprint density at radius 2 is 1.03 bits per heavy atom. The molecule has 0 spiro atoms. The predicted octanol–water partition coefficient (Wildman–Crippen LogP) is 6.21. The number of rotatable bonds is 16. The second-order valence-electron chi connectivity index (χ2n) is 15.8. The summed E-state index contributed by atoms with van der Waals surface area (Å²) in [4.78, 5) is 13.1. The maximum absolute atomic E-state index is 13.1. The highest BCUT2D eigenvalue weighted by Gasteiger charge is 2.73. The van der Waals surface area contributed by atoms with E-state index < -0.39 is 78.8 Å². The fraction of sp³-hybridized carbons (Fsp3) is 0.367. The lowest BCUT2D eigenvalue weighted by Gasteiger charge is -2.64. The molecule has 2 saturated heterocycles. The predicted molar refractivity (Wildman–Crippen MR) is 222 cm³/mol. The van der Waals surface area contributed by atoms with Crippen LogP contribution in [0.25, 0.3) is 0 Å². The zero-order valence-electron chi connectivity index (χ0n) is 33.8. The standard InChI is InChI=1S/C49H53NO10/c1-32-42(54-28-34-18-8-3-9-19-34)43(55-29-35-20-10-4-11-21-35)44(56-30-36-22-12-5-13-23-36)48(58-32)59-45-40(50-33(2)51)47(57-31-37-24-14-6-15-25-37)60-46-41(52)39(49(45,46)53)38-26-16-7-17-27-38/h3-27,32,39-48,52-53H,28-31H2,1-2H3,(H,50,51)/t32-,39?,40+,41?,42+,43+,44-,45+,46+,47-,48-,49-/m0/s1. The van der Waals surface area contributed by atoms with E-state index in [9.17, 15) is 15.0 Å². The van der Waals surface area contributed by atoms with Crippen LogP contribution < -0.4 is 5.32 Å². The van der Waals surface area contributed by atoms with Crippen molar-refractivity contribution in [3.8, 4) is 0 Å². The molecule has 314 valence electrons. The number of aliphatic hydroxyl groups is 2. The van der Waals surface area contributed by atoms with Crippen LogP contribution in [-0.2, 0) is 64.4 Å². The summed E-state index contributed by atoms with van der Waals surface area (Å²) in [6, 6.07) is 47.3. The fourth-order valence-corrected chi connectivity index (χ4v) is 8.68. The molecule has 1 saturated carbocycles. The number of aliphatic hydroxyl groups excluding tert-OH is 1. The molecule has 8 rings (SSSR count). The molecule has 11 heteroatoms. The minimum atomic E-state index is -1.86. The maximum atomic E-state index is 13.1. The normalized spacial score (nSPS) is 31.1. The Morgan fingerprint density at radius 3 is 1.52 bits per heavy atom. The third-order valence-corrected chi connectivity index (χ3v) is 11.6. The van der Waals surface area contributed by atoms with Crippen LogP contribution in [0.1, 0.15) is 47.6 Å². The molecule has 5 aromatic carbocycles.